The van der Waals surface area contributed by atoms with Crippen molar-refractivity contribution in [3.63, 3.8) is 0 Å². The lowest BCUT2D eigenvalue weighted by molar-refractivity contribution is 0.102. The second-order valence-corrected chi connectivity index (χ2v) is 3.83. The number of benzene rings is 1. The molecule has 1 heterocycles. The lowest BCUT2D eigenvalue weighted by Gasteiger charge is -2.10. The van der Waals surface area contributed by atoms with Crippen LogP contribution in [0.15, 0.2) is 36.7 Å². The number of pyridine rings is 1. The van der Waals surface area contributed by atoms with Gasteiger partial charge in [0.2, 0.25) is 0 Å². The Balaban J connectivity index is 2.27. The number of nitrogens with zero attached hydrogens (tertiary/aromatic N) is 1. The Kier molecular flexibility index (Phi) is 3.23. The summed E-state index contributed by atoms with van der Waals surface area (Å²) in [5.74, 6) is -1.18. The van der Waals surface area contributed by atoms with E-state index in [1.54, 1.807) is 25.1 Å². The van der Waals surface area contributed by atoms with E-state index in [-0.39, 0.29) is 5.56 Å². The number of hydrogen-bond donors (Lipinski definition) is 2. The smallest absolute Gasteiger partial charge is 0.258 e. The Bertz CT molecular complexity index is 599. The van der Waals surface area contributed by atoms with Crippen molar-refractivity contribution in [1.29, 1.82) is 0 Å². The van der Waals surface area contributed by atoms with E-state index in [0.29, 0.717) is 11.4 Å². The van der Waals surface area contributed by atoms with Gasteiger partial charge in [0.1, 0.15) is 0 Å². The summed E-state index contributed by atoms with van der Waals surface area (Å²) in [4.78, 5) is 15.5. The van der Waals surface area contributed by atoms with Crippen molar-refractivity contribution in [1.82, 2.24) is 4.98 Å². The van der Waals surface area contributed by atoms with E-state index in [2.05, 4.69) is 10.3 Å². The minimum Gasteiger partial charge on any atom is -0.398 e. The Morgan fingerprint density at radius 1 is 1.39 bits per heavy atom. The van der Waals surface area contributed by atoms with Crippen LogP contribution in [-0.4, -0.2) is 10.9 Å². The Morgan fingerprint density at radius 3 is 2.89 bits per heavy atom. The molecule has 5 heteroatoms. The largest absolute Gasteiger partial charge is 0.398 e. The van der Waals surface area contributed by atoms with Crippen LogP contribution >= 0.6 is 0 Å². The third-order valence-corrected chi connectivity index (χ3v) is 2.64. The molecule has 2 aromatic rings. The monoisotopic (exact) mass is 245 g/mol. The highest BCUT2D eigenvalue weighted by Gasteiger charge is 2.12. The van der Waals surface area contributed by atoms with Gasteiger partial charge in [0, 0.05) is 17.6 Å². The van der Waals surface area contributed by atoms with E-state index in [1.807, 2.05) is 0 Å². The predicted molar refractivity (Wildman–Crippen MR) is 67.7 cm³/mol. The number of aromatic nitrogens is 1. The third kappa shape index (κ3) is 2.29. The number of nitrogen functional groups attached to an aromatic ring is 1. The van der Waals surface area contributed by atoms with Crippen LogP contribution in [-0.2, 0) is 0 Å². The van der Waals surface area contributed by atoms with Crippen LogP contribution in [0.4, 0.5) is 15.8 Å². The second kappa shape index (κ2) is 4.83. The molecule has 3 N–H and O–H groups in total. The van der Waals surface area contributed by atoms with Crippen LogP contribution in [0.1, 0.15) is 15.9 Å². The van der Waals surface area contributed by atoms with Crippen LogP contribution in [0.3, 0.4) is 0 Å². The van der Waals surface area contributed by atoms with Crippen molar-refractivity contribution in [2.45, 2.75) is 6.92 Å². The Hall–Kier alpha value is -2.43. The van der Waals surface area contributed by atoms with Gasteiger partial charge in [0.15, 0.2) is 5.82 Å². The number of amides is 1. The number of carbonyl (C=O) groups is 1. The molecule has 0 saturated carbocycles. The molecule has 92 valence electrons. The zero-order valence-corrected chi connectivity index (χ0v) is 9.77. The second-order valence-electron chi connectivity index (χ2n) is 3.83. The van der Waals surface area contributed by atoms with E-state index < -0.39 is 11.7 Å². The number of anilines is 2. The van der Waals surface area contributed by atoms with Gasteiger partial charge in [-0.3, -0.25) is 9.78 Å². The predicted octanol–water partition coefficient (Wildman–Crippen LogP) is 2.36. The maximum Gasteiger partial charge on any atom is 0.258 e. The number of nitrogens with two attached hydrogens (primary N) is 1. The molecule has 18 heavy (non-hydrogen) atoms. The summed E-state index contributed by atoms with van der Waals surface area (Å²) in [5.41, 5.74) is 7.57. The molecule has 0 unspecified atom stereocenters. The highest BCUT2D eigenvalue weighted by molar-refractivity contribution is 6.05. The molecule has 0 saturated heterocycles. The first-order valence-electron chi connectivity index (χ1n) is 5.35. The topological polar surface area (TPSA) is 68.0 Å². The van der Waals surface area contributed by atoms with Gasteiger partial charge in [-0.15, -0.1) is 0 Å². The molecule has 0 spiro atoms. The van der Waals surface area contributed by atoms with E-state index in [4.69, 9.17) is 5.73 Å². The zero-order valence-electron chi connectivity index (χ0n) is 9.77. The molecule has 1 aromatic heterocycles. The van der Waals surface area contributed by atoms with E-state index >= 15 is 0 Å². The zero-order chi connectivity index (χ0) is 13.1. The fraction of sp³-hybridized carbons (Fsp3) is 0.0769. The summed E-state index contributed by atoms with van der Waals surface area (Å²) >= 11 is 0. The molecule has 4 nitrogen and oxygen atoms in total. The quantitative estimate of drug-likeness (QED) is 0.798. The first-order chi connectivity index (χ1) is 8.59. The summed E-state index contributed by atoms with van der Waals surface area (Å²) in [6.07, 6.45) is 2.37. The molecule has 0 atom stereocenters. The number of halogens is 1. The molecular formula is C13H12FN3O. The van der Waals surface area contributed by atoms with Crippen molar-refractivity contribution in [2.75, 3.05) is 11.1 Å². The summed E-state index contributed by atoms with van der Waals surface area (Å²) in [7, 11) is 0. The molecule has 2 rings (SSSR count). The van der Waals surface area contributed by atoms with Gasteiger partial charge in [0.05, 0.1) is 11.8 Å². The Morgan fingerprint density at radius 2 is 2.17 bits per heavy atom. The minimum atomic E-state index is -0.656. The van der Waals surface area contributed by atoms with Crippen LogP contribution in [0, 0.1) is 12.7 Å². The van der Waals surface area contributed by atoms with Gasteiger partial charge in [0.25, 0.3) is 5.91 Å². The third-order valence-electron chi connectivity index (χ3n) is 2.64. The van der Waals surface area contributed by atoms with Crippen molar-refractivity contribution in [3.05, 3.63) is 53.6 Å². The summed E-state index contributed by atoms with van der Waals surface area (Å²) in [6, 6.07) is 6.49. The first kappa shape index (κ1) is 12.0. The highest BCUT2D eigenvalue weighted by atomic mass is 19.1. The van der Waals surface area contributed by atoms with Gasteiger partial charge in [-0.05, 0) is 30.7 Å². The fourth-order valence-corrected chi connectivity index (χ4v) is 1.54. The van der Waals surface area contributed by atoms with Crippen molar-refractivity contribution < 1.29 is 9.18 Å². The summed E-state index contributed by atoms with van der Waals surface area (Å²) in [6.45, 7) is 1.79. The summed E-state index contributed by atoms with van der Waals surface area (Å²) < 4.78 is 13.4. The van der Waals surface area contributed by atoms with Crippen LogP contribution < -0.4 is 11.1 Å². The molecule has 0 aliphatic heterocycles. The maximum absolute atomic E-state index is 13.4. The average Bonchev–Trinajstić information content (AvgIpc) is 2.35. The number of hydrogen-bond acceptors (Lipinski definition) is 3. The lowest BCUT2D eigenvalue weighted by Crippen LogP contribution is -2.15. The molecule has 0 radical (unpaired) electrons. The number of nitrogens with one attached hydrogen (secondary N) is 1. The number of carbonyl (C=O) groups excluding carboxylic acids is 1. The van der Waals surface area contributed by atoms with Gasteiger partial charge in [-0.1, -0.05) is 6.07 Å². The molecule has 1 aromatic carbocycles. The molecule has 0 bridgehead atoms. The average molecular weight is 245 g/mol. The van der Waals surface area contributed by atoms with Gasteiger partial charge in [-0.2, -0.15) is 0 Å². The summed E-state index contributed by atoms with van der Waals surface area (Å²) in [5, 5.41) is 2.62. The van der Waals surface area contributed by atoms with Crippen LogP contribution in [0.25, 0.3) is 0 Å². The van der Waals surface area contributed by atoms with Crippen LogP contribution in [0.5, 0.6) is 0 Å². The normalized spacial score (nSPS) is 10.1. The van der Waals surface area contributed by atoms with Crippen LogP contribution in [0.2, 0.25) is 0 Å². The van der Waals surface area contributed by atoms with E-state index in [9.17, 15) is 9.18 Å². The highest BCUT2D eigenvalue weighted by Crippen LogP contribution is 2.21. The van der Waals surface area contributed by atoms with Crippen molar-refractivity contribution in [2.24, 2.45) is 0 Å². The van der Waals surface area contributed by atoms with E-state index in [0.717, 1.165) is 11.8 Å². The lowest BCUT2D eigenvalue weighted by atomic mass is 10.1. The van der Waals surface area contributed by atoms with Gasteiger partial charge < -0.3 is 11.1 Å². The number of rotatable bonds is 2. The van der Waals surface area contributed by atoms with Crippen molar-refractivity contribution in [3.8, 4) is 0 Å². The standard InChI is InChI=1S/C13H12FN3O/c1-8-11(15)3-2-4-12(8)17-13(18)9-5-6-16-7-10(9)14/h2-7H,15H2,1H3,(H,17,18). The Labute approximate surface area is 104 Å². The fourth-order valence-electron chi connectivity index (χ4n) is 1.54. The molecular weight excluding hydrogens is 233 g/mol. The van der Waals surface area contributed by atoms with Crippen molar-refractivity contribution >= 4 is 17.3 Å². The van der Waals surface area contributed by atoms with Gasteiger partial charge in [-0.25, -0.2) is 4.39 Å². The SMILES string of the molecule is Cc1c(N)cccc1NC(=O)c1ccncc1F. The maximum atomic E-state index is 13.4. The molecule has 0 fully saturated rings. The van der Waals surface area contributed by atoms with E-state index in [1.165, 1.54) is 12.3 Å². The molecule has 0 aliphatic carbocycles. The van der Waals surface area contributed by atoms with Gasteiger partial charge >= 0.3 is 0 Å². The molecule has 1 amide bonds. The first-order valence-corrected chi connectivity index (χ1v) is 5.35. The minimum absolute atomic E-state index is 0.0492. The molecule has 0 aliphatic rings.